The molecule has 0 atom stereocenters. The summed E-state index contributed by atoms with van der Waals surface area (Å²) in [4.78, 5) is 28.5. The summed E-state index contributed by atoms with van der Waals surface area (Å²) in [6, 6.07) is 0.290. The predicted octanol–water partition coefficient (Wildman–Crippen LogP) is 2.17. The number of piperidine rings is 1. The summed E-state index contributed by atoms with van der Waals surface area (Å²) in [5, 5.41) is 3.15. The zero-order chi connectivity index (χ0) is 15.9. The van der Waals surface area contributed by atoms with Crippen molar-refractivity contribution < 1.29 is 9.59 Å². The van der Waals surface area contributed by atoms with Gasteiger partial charge < -0.3 is 15.1 Å². The standard InChI is InChI=1S/C16H29N3O2S/c1-3-13(4-2)15(20)18-7-5-14(6-8-18)17-16(21)19-9-11-22-12-10-19/h13-14H,3-12H2,1-2H3,(H,17,21). The quantitative estimate of drug-likeness (QED) is 0.861. The molecule has 0 aromatic carbocycles. The molecule has 3 amide bonds. The number of thioether (sulfide) groups is 1. The van der Waals surface area contributed by atoms with Crippen LogP contribution in [0.5, 0.6) is 0 Å². The van der Waals surface area contributed by atoms with Crippen LogP contribution in [0.25, 0.3) is 0 Å². The van der Waals surface area contributed by atoms with Crippen molar-refractivity contribution in [3.63, 3.8) is 0 Å². The number of amides is 3. The molecule has 1 N–H and O–H groups in total. The number of urea groups is 1. The van der Waals surface area contributed by atoms with Crippen molar-refractivity contribution in [1.29, 1.82) is 0 Å². The highest BCUT2D eigenvalue weighted by Crippen LogP contribution is 2.18. The van der Waals surface area contributed by atoms with Crippen LogP contribution in [0.4, 0.5) is 4.79 Å². The lowest BCUT2D eigenvalue weighted by Gasteiger charge is -2.35. The lowest BCUT2D eigenvalue weighted by atomic mass is 9.98. The van der Waals surface area contributed by atoms with E-state index in [0.717, 1.165) is 63.4 Å². The van der Waals surface area contributed by atoms with Gasteiger partial charge in [0.05, 0.1) is 0 Å². The van der Waals surface area contributed by atoms with Gasteiger partial charge in [0.25, 0.3) is 0 Å². The maximum absolute atomic E-state index is 12.4. The second-order valence-corrected chi connectivity index (χ2v) is 7.39. The molecule has 2 saturated heterocycles. The third-order valence-electron chi connectivity index (χ3n) is 4.77. The highest BCUT2D eigenvalue weighted by Gasteiger charge is 2.28. The first-order chi connectivity index (χ1) is 10.7. The molecule has 2 aliphatic rings. The number of hydrogen-bond acceptors (Lipinski definition) is 3. The van der Waals surface area contributed by atoms with Crippen LogP contribution in [-0.2, 0) is 4.79 Å². The molecule has 2 rings (SSSR count). The molecule has 0 spiro atoms. The molecule has 0 aromatic heterocycles. The number of likely N-dealkylation sites (tertiary alicyclic amines) is 1. The summed E-state index contributed by atoms with van der Waals surface area (Å²) in [5.41, 5.74) is 0. The molecule has 2 heterocycles. The molecule has 2 fully saturated rings. The Hall–Kier alpha value is -0.910. The van der Waals surface area contributed by atoms with Crippen molar-refractivity contribution >= 4 is 23.7 Å². The van der Waals surface area contributed by atoms with Crippen LogP contribution in [-0.4, -0.2) is 65.5 Å². The Bertz CT molecular complexity index is 374. The summed E-state index contributed by atoms with van der Waals surface area (Å²) < 4.78 is 0. The van der Waals surface area contributed by atoms with E-state index >= 15 is 0 Å². The molecule has 0 bridgehead atoms. The van der Waals surface area contributed by atoms with Gasteiger partial charge in [0.1, 0.15) is 0 Å². The molecule has 0 aliphatic carbocycles. The van der Waals surface area contributed by atoms with Gasteiger partial charge in [-0.25, -0.2) is 4.79 Å². The van der Waals surface area contributed by atoms with Gasteiger partial charge in [-0.1, -0.05) is 13.8 Å². The minimum absolute atomic E-state index is 0.0741. The Labute approximate surface area is 138 Å². The van der Waals surface area contributed by atoms with E-state index < -0.39 is 0 Å². The van der Waals surface area contributed by atoms with Gasteiger partial charge >= 0.3 is 6.03 Å². The molecule has 2 aliphatic heterocycles. The first-order valence-corrected chi connectivity index (χ1v) is 9.73. The highest BCUT2D eigenvalue weighted by atomic mass is 32.2. The summed E-state index contributed by atoms with van der Waals surface area (Å²) in [6.45, 7) is 7.41. The topological polar surface area (TPSA) is 52.7 Å². The highest BCUT2D eigenvalue weighted by molar-refractivity contribution is 7.99. The van der Waals surface area contributed by atoms with Gasteiger partial charge in [-0.2, -0.15) is 11.8 Å². The number of rotatable bonds is 4. The lowest BCUT2D eigenvalue weighted by Crippen LogP contribution is -2.52. The fraction of sp³-hybridized carbons (Fsp3) is 0.875. The van der Waals surface area contributed by atoms with E-state index in [9.17, 15) is 9.59 Å². The van der Waals surface area contributed by atoms with Gasteiger partial charge in [-0.05, 0) is 25.7 Å². The van der Waals surface area contributed by atoms with Crippen LogP contribution in [0.15, 0.2) is 0 Å². The summed E-state index contributed by atoms with van der Waals surface area (Å²) in [6.07, 6.45) is 3.58. The van der Waals surface area contributed by atoms with E-state index in [1.54, 1.807) is 0 Å². The Morgan fingerprint density at radius 3 is 2.18 bits per heavy atom. The van der Waals surface area contributed by atoms with Gasteiger partial charge in [-0.3, -0.25) is 4.79 Å². The fourth-order valence-corrected chi connectivity index (χ4v) is 4.08. The van der Waals surface area contributed by atoms with Crippen molar-refractivity contribution in [3.8, 4) is 0 Å². The number of carbonyl (C=O) groups excluding carboxylic acids is 2. The second kappa shape index (κ2) is 8.65. The molecule has 126 valence electrons. The molecular weight excluding hydrogens is 298 g/mol. The van der Waals surface area contributed by atoms with E-state index in [1.165, 1.54) is 0 Å². The minimum Gasteiger partial charge on any atom is -0.342 e. The Balaban J connectivity index is 1.74. The Kier molecular flexibility index (Phi) is 6.86. The maximum atomic E-state index is 12.4. The molecule has 0 radical (unpaired) electrons. The van der Waals surface area contributed by atoms with Crippen molar-refractivity contribution in [3.05, 3.63) is 0 Å². The van der Waals surface area contributed by atoms with Crippen molar-refractivity contribution in [2.75, 3.05) is 37.7 Å². The average molecular weight is 327 g/mol. The van der Waals surface area contributed by atoms with Crippen molar-refractivity contribution in [1.82, 2.24) is 15.1 Å². The van der Waals surface area contributed by atoms with Crippen LogP contribution in [0, 0.1) is 5.92 Å². The summed E-state index contributed by atoms with van der Waals surface area (Å²) in [7, 11) is 0. The first kappa shape index (κ1) is 17.4. The lowest BCUT2D eigenvalue weighted by molar-refractivity contribution is -0.136. The number of nitrogens with zero attached hydrogens (tertiary/aromatic N) is 2. The molecule has 0 aromatic rings. The average Bonchev–Trinajstić information content (AvgIpc) is 2.57. The summed E-state index contributed by atoms with van der Waals surface area (Å²) in [5.74, 6) is 2.53. The Morgan fingerprint density at radius 1 is 1.05 bits per heavy atom. The molecule has 6 heteroatoms. The molecule has 5 nitrogen and oxygen atoms in total. The summed E-state index contributed by atoms with van der Waals surface area (Å²) >= 11 is 1.91. The van der Waals surface area contributed by atoms with Crippen LogP contribution >= 0.6 is 11.8 Å². The largest absolute Gasteiger partial charge is 0.342 e. The molecular formula is C16H29N3O2S. The van der Waals surface area contributed by atoms with Crippen molar-refractivity contribution in [2.45, 2.75) is 45.6 Å². The second-order valence-electron chi connectivity index (χ2n) is 6.16. The van der Waals surface area contributed by atoms with Crippen LogP contribution in [0.2, 0.25) is 0 Å². The van der Waals surface area contributed by atoms with Crippen LogP contribution < -0.4 is 5.32 Å². The van der Waals surface area contributed by atoms with E-state index in [4.69, 9.17) is 0 Å². The number of hydrogen-bond donors (Lipinski definition) is 1. The first-order valence-electron chi connectivity index (χ1n) is 8.57. The van der Waals surface area contributed by atoms with Gasteiger partial charge in [0.2, 0.25) is 5.91 Å². The van der Waals surface area contributed by atoms with Crippen LogP contribution in [0.3, 0.4) is 0 Å². The molecule has 0 unspecified atom stereocenters. The van der Waals surface area contributed by atoms with E-state index in [1.807, 2.05) is 21.6 Å². The normalized spacial score (nSPS) is 20.3. The van der Waals surface area contributed by atoms with Gasteiger partial charge in [0.15, 0.2) is 0 Å². The third-order valence-corrected chi connectivity index (χ3v) is 5.71. The number of nitrogens with one attached hydrogen (secondary N) is 1. The minimum atomic E-state index is 0.0741. The zero-order valence-corrected chi connectivity index (χ0v) is 14.7. The van der Waals surface area contributed by atoms with Gasteiger partial charge in [-0.15, -0.1) is 0 Å². The smallest absolute Gasteiger partial charge is 0.317 e. The molecule has 22 heavy (non-hydrogen) atoms. The third kappa shape index (κ3) is 4.54. The van der Waals surface area contributed by atoms with E-state index in [0.29, 0.717) is 5.91 Å². The Morgan fingerprint density at radius 2 is 1.64 bits per heavy atom. The van der Waals surface area contributed by atoms with Crippen LogP contribution in [0.1, 0.15) is 39.5 Å². The monoisotopic (exact) mass is 327 g/mol. The van der Waals surface area contributed by atoms with E-state index in [-0.39, 0.29) is 18.0 Å². The fourth-order valence-electron chi connectivity index (χ4n) is 3.17. The van der Waals surface area contributed by atoms with Crippen molar-refractivity contribution in [2.24, 2.45) is 5.92 Å². The number of carbonyl (C=O) groups is 2. The SMILES string of the molecule is CCC(CC)C(=O)N1CCC(NC(=O)N2CCSCC2)CC1. The van der Waals surface area contributed by atoms with Gasteiger partial charge in [0, 0.05) is 49.6 Å². The molecule has 0 saturated carbocycles. The maximum Gasteiger partial charge on any atom is 0.317 e. The predicted molar refractivity (Wildman–Crippen MR) is 91.1 cm³/mol. The van der Waals surface area contributed by atoms with E-state index in [2.05, 4.69) is 19.2 Å². The zero-order valence-electron chi connectivity index (χ0n) is 13.8.